The first-order valence-electron chi connectivity index (χ1n) is 7.07. The molecular formula is C12H22O11. The van der Waals surface area contributed by atoms with Crippen molar-refractivity contribution in [3.63, 3.8) is 0 Å². The van der Waals surface area contributed by atoms with E-state index in [1.165, 1.54) is 0 Å². The topological polar surface area (TPSA) is 190 Å². The fraction of sp³-hybridized carbons (Fsp3) is 1.00. The summed E-state index contributed by atoms with van der Waals surface area (Å²) in [6, 6.07) is 0. The van der Waals surface area contributed by atoms with E-state index >= 15 is 0 Å². The molecule has 2 fully saturated rings. The summed E-state index contributed by atoms with van der Waals surface area (Å²) < 4.78 is 15.1. The molecule has 2 aliphatic heterocycles. The minimum absolute atomic E-state index is 0.468. The summed E-state index contributed by atoms with van der Waals surface area (Å²) in [6.07, 6.45) is -15.3. The van der Waals surface area contributed by atoms with Gasteiger partial charge in [0.25, 0.3) is 0 Å². The van der Waals surface area contributed by atoms with Gasteiger partial charge in [-0.25, -0.2) is 0 Å². The van der Waals surface area contributed by atoms with Crippen molar-refractivity contribution < 1.29 is 55.1 Å². The van der Waals surface area contributed by atoms with E-state index in [1.54, 1.807) is 0 Å². The summed E-state index contributed by atoms with van der Waals surface area (Å²) in [7, 11) is 0. The average Bonchev–Trinajstić information content (AvgIpc) is 2.54. The maximum Gasteiger partial charge on any atom is 0.186 e. The monoisotopic (exact) mass is 342 g/mol. The van der Waals surface area contributed by atoms with E-state index in [4.69, 9.17) is 19.3 Å². The van der Waals surface area contributed by atoms with Crippen molar-refractivity contribution in [3.8, 4) is 0 Å². The van der Waals surface area contributed by atoms with E-state index in [1.807, 2.05) is 0 Å². The van der Waals surface area contributed by atoms with E-state index in [9.17, 15) is 35.7 Å². The maximum atomic E-state index is 9.78. The van der Waals surface area contributed by atoms with Crippen LogP contribution in [0.4, 0.5) is 0 Å². The largest absolute Gasteiger partial charge is 0.394 e. The summed E-state index contributed by atoms with van der Waals surface area (Å²) in [5, 5.41) is 76.1. The SMILES string of the molecule is OCC1O[C@H](OCC2O[C@@H](O)C(O)[C@H](O)[C@@H]2O)C(O)[C@H](O)[C@@H]1O. The van der Waals surface area contributed by atoms with Crippen molar-refractivity contribution in [1.29, 1.82) is 0 Å². The molecule has 8 N–H and O–H groups in total. The molecule has 2 heterocycles. The molecule has 136 valence electrons. The van der Waals surface area contributed by atoms with Gasteiger partial charge in [0.2, 0.25) is 0 Å². The molecule has 0 aromatic rings. The Hall–Kier alpha value is -0.440. The molecule has 2 rings (SSSR count). The predicted molar refractivity (Wildman–Crippen MR) is 68.6 cm³/mol. The molecule has 0 saturated carbocycles. The fourth-order valence-corrected chi connectivity index (χ4v) is 2.46. The van der Waals surface area contributed by atoms with Crippen molar-refractivity contribution in [3.05, 3.63) is 0 Å². The van der Waals surface area contributed by atoms with Crippen LogP contribution in [-0.4, -0.2) is 115 Å². The second-order valence-electron chi connectivity index (χ2n) is 5.57. The van der Waals surface area contributed by atoms with E-state index in [2.05, 4.69) is 0 Å². The number of aliphatic hydroxyl groups excluding tert-OH is 8. The Morgan fingerprint density at radius 2 is 1.22 bits per heavy atom. The van der Waals surface area contributed by atoms with Crippen LogP contribution in [0.25, 0.3) is 0 Å². The van der Waals surface area contributed by atoms with Crippen LogP contribution in [0.1, 0.15) is 0 Å². The second kappa shape index (κ2) is 7.63. The van der Waals surface area contributed by atoms with Gasteiger partial charge in [-0.05, 0) is 0 Å². The highest BCUT2D eigenvalue weighted by Crippen LogP contribution is 2.24. The van der Waals surface area contributed by atoms with Crippen LogP contribution < -0.4 is 0 Å². The van der Waals surface area contributed by atoms with Gasteiger partial charge in [0.1, 0.15) is 48.8 Å². The van der Waals surface area contributed by atoms with Gasteiger partial charge in [-0.2, -0.15) is 0 Å². The number of ether oxygens (including phenoxy) is 3. The third-order valence-electron chi connectivity index (χ3n) is 3.96. The third-order valence-corrected chi connectivity index (χ3v) is 3.96. The smallest absolute Gasteiger partial charge is 0.186 e. The van der Waals surface area contributed by atoms with Gasteiger partial charge in [-0.15, -0.1) is 0 Å². The molecule has 0 aliphatic carbocycles. The molecule has 23 heavy (non-hydrogen) atoms. The van der Waals surface area contributed by atoms with Crippen LogP contribution >= 0.6 is 0 Å². The molecule has 0 bridgehead atoms. The average molecular weight is 342 g/mol. The normalized spacial score (nSPS) is 51.7. The minimum atomic E-state index is -1.74. The number of hydrogen-bond donors (Lipinski definition) is 8. The summed E-state index contributed by atoms with van der Waals surface area (Å²) in [5.41, 5.74) is 0. The van der Waals surface area contributed by atoms with E-state index in [0.717, 1.165) is 0 Å². The number of rotatable bonds is 4. The molecule has 11 heteroatoms. The quantitative estimate of drug-likeness (QED) is 0.243. The Morgan fingerprint density at radius 1 is 0.652 bits per heavy atom. The van der Waals surface area contributed by atoms with Gasteiger partial charge in [-0.3, -0.25) is 0 Å². The van der Waals surface area contributed by atoms with Crippen molar-refractivity contribution in [2.45, 2.75) is 61.4 Å². The van der Waals surface area contributed by atoms with E-state index < -0.39 is 74.6 Å². The molecule has 2 saturated heterocycles. The number of hydrogen-bond acceptors (Lipinski definition) is 11. The molecule has 10 atom stereocenters. The molecule has 2 aliphatic rings. The third kappa shape index (κ3) is 3.81. The summed E-state index contributed by atoms with van der Waals surface area (Å²) in [6.45, 7) is -1.10. The van der Waals surface area contributed by atoms with Gasteiger partial charge < -0.3 is 55.1 Å². The maximum absolute atomic E-state index is 9.78. The van der Waals surface area contributed by atoms with Crippen LogP contribution in [0, 0.1) is 0 Å². The highest BCUT2D eigenvalue weighted by molar-refractivity contribution is 4.91. The molecule has 0 aromatic heterocycles. The Morgan fingerprint density at radius 3 is 1.83 bits per heavy atom. The lowest BCUT2D eigenvalue weighted by Crippen LogP contribution is -2.61. The van der Waals surface area contributed by atoms with Gasteiger partial charge in [0, 0.05) is 0 Å². The first-order valence-corrected chi connectivity index (χ1v) is 7.07. The predicted octanol–water partition coefficient (Wildman–Crippen LogP) is -5.40. The molecule has 11 nitrogen and oxygen atoms in total. The zero-order chi connectivity index (χ0) is 17.3. The van der Waals surface area contributed by atoms with E-state index in [-0.39, 0.29) is 0 Å². The summed E-state index contributed by atoms with van der Waals surface area (Å²) in [4.78, 5) is 0. The first-order chi connectivity index (χ1) is 10.8. The van der Waals surface area contributed by atoms with Crippen LogP contribution in [0.2, 0.25) is 0 Å². The van der Waals surface area contributed by atoms with Crippen molar-refractivity contribution in [1.82, 2.24) is 0 Å². The van der Waals surface area contributed by atoms with Gasteiger partial charge in [0.15, 0.2) is 12.6 Å². The molecule has 0 spiro atoms. The molecule has 0 aromatic carbocycles. The lowest BCUT2D eigenvalue weighted by molar-refractivity contribution is -0.325. The highest BCUT2D eigenvalue weighted by Gasteiger charge is 2.46. The highest BCUT2D eigenvalue weighted by atomic mass is 16.7. The molecule has 0 radical (unpaired) electrons. The minimum Gasteiger partial charge on any atom is -0.394 e. The lowest BCUT2D eigenvalue weighted by atomic mass is 9.98. The zero-order valence-electron chi connectivity index (χ0n) is 12.0. The Labute approximate surface area is 130 Å². The van der Waals surface area contributed by atoms with Crippen molar-refractivity contribution in [2.24, 2.45) is 0 Å². The van der Waals surface area contributed by atoms with Crippen LogP contribution in [0.15, 0.2) is 0 Å². The second-order valence-corrected chi connectivity index (χ2v) is 5.57. The van der Waals surface area contributed by atoms with Gasteiger partial charge >= 0.3 is 0 Å². The Bertz CT molecular complexity index is 380. The van der Waals surface area contributed by atoms with Crippen LogP contribution in [-0.2, 0) is 14.2 Å². The molecular weight excluding hydrogens is 320 g/mol. The van der Waals surface area contributed by atoms with Gasteiger partial charge in [0.05, 0.1) is 13.2 Å². The zero-order valence-corrected chi connectivity index (χ0v) is 12.0. The Balaban J connectivity index is 1.94. The lowest BCUT2D eigenvalue weighted by Gasteiger charge is -2.41. The van der Waals surface area contributed by atoms with Gasteiger partial charge in [-0.1, -0.05) is 0 Å². The molecule has 0 amide bonds. The molecule has 4 unspecified atom stereocenters. The summed E-state index contributed by atoms with van der Waals surface area (Å²) in [5.74, 6) is 0. The van der Waals surface area contributed by atoms with Crippen molar-refractivity contribution in [2.75, 3.05) is 13.2 Å². The fourth-order valence-electron chi connectivity index (χ4n) is 2.46. The summed E-state index contributed by atoms with van der Waals surface area (Å²) >= 11 is 0. The van der Waals surface area contributed by atoms with Crippen molar-refractivity contribution >= 4 is 0 Å². The Kier molecular flexibility index (Phi) is 6.27. The van der Waals surface area contributed by atoms with E-state index in [0.29, 0.717) is 0 Å². The standard InChI is InChI=1S/C12H22O11/c13-1-3-5(14)8(17)10(19)12(23-3)21-2-4-6(15)7(16)9(18)11(20)22-4/h3-20H,1-2H2/t3?,4?,5-,6-,7-,8-,9?,10?,11-,12+/m1/s1. The van der Waals surface area contributed by atoms with Crippen LogP contribution in [0.5, 0.6) is 0 Å². The first kappa shape index (κ1) is 18.9. The number of aliphatic hydroxyl groups is 8. The van der Waals surface area contributed by atoms with Crippen LogP contribution in [0.3, 0.4) is 0 Å².